The highest BCUT2D eigenvalue weighted by atomic mass is 79.9. The second-order valence-electron chi connectivity index (χ2n) is 3.95. The molecule has 3 N–H and O–H groups in total. The van der Waals surface area contributed by atoms with Gasteiger partial charge < -0.3 is 4.57 Å². The van der Waals surface area contributed by atoms with E-state index in [2.05, 4.69) is 36.8 Å². The predicted octanol–water partition coefficient (Wildman–Crippen LogP) is 1.42. The quantitative estimate of drug-likeness (QED) is 0.462. The van der Waals surface area contributed by atoms with Gasteiger partial charge in [-0.1, -0.05) is 0 Å². The molecule has 0 spiro atoms. The summed E-state index contributed by atoms with van der Waals surface area (Å²) in [5.41, 5.74) is 2.89. The van der Waals surface area contributed by atoms with Crippen molar-refractivity contribution in [3.8, 4) is 0 Å². The summed E-state index contributed by atoms with van der Waals surface area (Å²) in [5.74, 6) is 4.62. The van der Waals surface area contributed by atoms with Gasteiger partial charge in [-0.15, -0.1) is 0 Å². The van der Waals surface area contributed by atoms with E-state index < -0.39 is 5.91 Å². The van der Waals surface area contributed by atoms with Crippen molar-refractivity contribution in [3.05, 3.63) is 61.1 Å². The Balaban J connectivity index is 2.27. The molecule has 0 unspecified atom stereocenters. The zero-order valence-corrected chi connectivity index (χ0v) is 13.3. The molecule has 20 heavy (non-hydrogen) atoms. The predicted molar refractivity (Wildman–Crippen MR) is 81.1 cm³/mol. The normalized spacial score (nSPS) is 10.3. The van der Waals surface area contributed by atoms with Crippen LogP contribution in [0.5, 0.6) is 0 Å². The van der Waals surface area contributed by atoms with Gasteiger partial charge in [0.25, 0.3) is 11.5 Å². The Morgan fingerprint density at radius 3 is 2.75 bits per heavy atom. The van der Waals surface area contributed by atoms with E-state index in [4.69, 9.17) is 5.84 Å². The minimum Gasteiger partial charge on any atom is -0.307 e. The van der Waals surface area contributed by atoms with Crippen LogP contribution in [0.1, 0.15) is 16.1 Å². The second-order valence-corrected chi connectivity index (χ2v) is 5.72. The molecule has 0 aliphatic carbocycles. The standard InChI is InChI=1S/C12H10Br2N4O2/c13-8-3-10(14)12(20)18(5-8)6-9-2-1-7(4-16-9)11(19)17-15/h1-5H,6,15H2,(H,17,19). The van der Waals surface area contributed by atoms with E-state index in [0.29, 0.717) is 22.3 Å². The number of aromatic nitrogens is 2. The molecule has 0 fully saturated rings. The minimum absolute atomic E-state index is 0.154. The van der Waals surface area contributed by atoms with Crippen molar-refractivity contribution < 1.29 is 4.79 Å². The summed E-state index contributed by atoms with van der Waals surface area (Å²) in [6.07, 6.45) is 3.09. The molecular formula is C12H10Br2N4O2. The summed E-state index contributed by atoms with van der Waals surface area (Å²) < 4.78 is 2.76. The highest BCUT2D eigenvalue weighted by Gasteiger charge is 2.07. The number of halogens is 2. The second kappa shape index (κ2) is 6.29. The van der Waals surface area contributed by atoms with E-state index in [9.17, 15) is 9.59 Å². The Labute approximate surface area is 131 Å². The number of nitrogens with zero attached hydrogens (tertiary/aromatic N) is 2. The van der Waals surface area contributed by atoms with Gasteiger partial charge in [-0.05, 0) is 50.1 Å². The van der Waals surface area contributed by atoms with Crippen LogP contribution in [-0.2, 0) is 6.54 Å². The number of carbonyl (C=O) groups is 1. The van der Waals surface area contributed by atoms with Crippen LogP contribution >= 0.6 is 31.9 Å². The molecule has 0 radical (unpaired) electrons. The average molecular weight is 402 g/mol. The number of amides is 1. The first-order valence-corrected chi connectivity index (χ1v) is 7.11. The first kappa shape index (κ1) is 14.9. The fraction of sp³-hybridized carbons (Fsp3) is 0.0833. The van der Waals surface area contributed by atoms with Crippen LogP contribution in [0.3, 0.4) is 0 Å². The number of nitrogens with one attached hydrogen (secondary N) is 1. The fourth-order valence-electron chi connectivity index (χ4n) is 1.59. The highest BCUT2D eigenvalue weighted by molar-refractivity contribution is 9.11. The summed E-state index contributed by atoms with van der Waals surface area (Å²) in [4.78, 5) is 27.4. The van der Waals surface area contributed by atoms with Crippen molar-refractivity contribution in [1.82, 2.24) is 15.0 Å². The van der Waals surface area contributed by atoms with E-state index in [1.807, 2.05) is 5.43 Å². The Morgan fingerprint density at radius 2 is 2.15 bits per heavy atom. The Kier molecular flexibility index (Phi) is 4.69. The SMILES string of the molecule is NNC(=O)c1ccc(Cn2cc(Br)cc(Br)c2=O)nc1. The van der Waals surface area contributed by atoms with Crippen LogP contribution < -0.4 is 16.8 Å². The van der Waals surface area contributed by atoms with Crippen LogP contribution in [0.4, 0.5) is 0 Å². The van der Waals surface area contributed by atoms with Gasteiger partial charge >= 0.3 is 0 Å². The van der Waals surface area contributed by atoms with Gasteiger partial charge in [-0.25, -0.2) is 5.84 Å². The number of carbonyl (C=O) groups excluding carboxylic acids is 1. The van der Waals surface area contributed by atoms with Crippen LogP contribution in [0.2, 0.25) is 0 Å². The molecule has 0 bridgehead atoms. The number of hydrogen-bond donors (Lipinski definition) is 2. The third-order valence-electron chi connectivity index (χ3n) is 2.56. The molecule has 6 nitrogen and oxygen atoms in total. The molecule has 0 saturated heterocycles. The van der Waals surface area contributed by atoms with E-state index in [1.165, 1.54) is 10.8 Å². The van der Waals surface area contributed by atoms with Gasteiger partial charge in [0, 0.05) is 16.9 Å². The summed E-state index contributed by atoms with van der Waals surface area (Å²) in [7, 11) is 0. The van der Waals surface area contributed by atoms with E-state index in [0.717, 1.165) is 4.47 Å². The zero-order chi connectivity index (χ0) is 14.7. The molecule has 0 atom stereocenters. The fourth-order valence-corrected chi connectivity index (χ4v) is 2.85. The molecule has 8 heteroatoms. The van der Waals surface area contributed by atoms with E-state index in [1.54, 1.807) is 24.4 Å². The van der Waals surface area contributed by atoms with Crippen LogP contribution in [0, 0.1) is 0 Å². The number of pyridine rings is 2. The van der Waals surface area contributed by atoms with Crippen molar-refractivity contribution in [1.29, 1.82) is 0 Å². The molecule has 2 aromatic heterocycles. The van der Waals surface area contributed by atoms with Gasteiger partial charge in [0.2, 0.25) is 0 Å². The number of nitrogen functional groups attached to an aromatic ring is 1. The molecule has 2 aromatic rings. The van der Waals surface area contributed by atoms with Gasteiger partial charge in [0.15, 0.2) is 0 Å². The van der Waals surface area contributed by atoms with Crippen molar-refractivity contribution in [2.24, 2.45) is 5.84 Å². The lowest BCUT2D eigenvalue weighted by Gasteiger charge is -2.07. The molecule has 0 aromatic carbocycles. The van der Waals surface area contributed by atoms with Gasteiger partial charge in [0.05, 0.1) is 22.3 Å². The van der Waals surface area contributed by atoms with E-state index >= 15 is 0 Å². The van der Waals surface area contributed by atoms with Crippen LogP contribution in [-0.4, -0.2) is 15.5 Å². The smallest absolute Gasteiger partial charge is 0.266 e. The molecule has 0 saturated carbocycles. The maximum absolute atomic E-state index is 11.9. The maximum atomic E-state index is 11.9. The molecular weight excluding hydrogens is 392 g/mol. The monoisotopic (exact) mass is 400 g/mol. The minimum atomic E-state index is -0.411. The van der Waals surface area contributed by atoms with Gasteiger partial charge in [-0.2, -0.15) is 0 Å². The summed E-state index contributed by atoms with van der Waals surface area (Å²) in [5, 5.41) is 0. The third-order valence-corrected chi connectivity index (χ3v) is 3.56. The Morgan fingerprint density at radius 1 is 1.40 bits per heavy atom. The largest absolute Gasteiger partial charge is 0.307 e. The van der Waals surface area contributed by atoms with Crippen molar-refractivity contribution in [2.75, 3.05) is 0 Å². The highest BCUT2D eigenvalue weighted by Crippen LogP contribution is 2.13. The number of nitrogens with two attached hydrogens (primary N) is 1. The molecule has 2 heterocycles. The number of rotatable bonds is 3. The summed E-state index contributed by atoms with van der Waals surface area (Å²) in [6.45, 7) is 0.307. The lowest BCUT2D eigenvalue weighted by atomic mass is 10.2. The Bertz CT molecular complexity index is 698. The molecule has 104 valence electrons. The van der Waals surface area contributed by atoms with E-state index in [-0.39, 0.29) is 5.56 Å². The first-order valence-electron chi connectivity index (χ1n) is 5.52. The van der Waals surface area contributed by atoms with Gasteiger partial charge in [0.1, 0.15) is 0 Å². The molecule has 0 aliphatic rings. The van der Waals surface area contributed by atoms with Crippen molar-refractivity contribution in [3.63, 3.8) is 0 Å². The average Bonchev–Trinajstić information content (AvgIpc) is 2.44. The number of hydrogen-bond acceptors (Lipinski definition) is 4. The van der Waals surface area contributed by atoms with Gasteiger partial charge in [-0.3, -0.25) is 20.0 Å². The molecule has 0 aliphatic heterocycles. The van der Waals surface area contributed by atoms with Crippen LogP contribution in [0.15, 0.2) is 44.3 Å². The van der Waals surface area contributed by atoms with Crippen LogP contribution in [0.25, 0.3) is 0 Å². The topological polar surface area (TPSA) is 90.0 Å². The van der Waals surface area contributed by atoms with Crippen molar-refractivity contribution >= 4 is 37.8 Å². The summed E-state index contributed by atoms with van der Waals surface area (Å²) >= 11 is 6.52. The lowest BCUT2D eigenvalue weighted by Crippen LogP contribution is -2.30. The number of hydrazine groups is 1. The maximum Gasteiger partial charge on any atom is 0.266 e. The molecule has 2 rings (SSSR count). The van der Waals surface area contributed by atoms with Crippen molar-refractivity contribution in [2.45, 2.75) is 6.54 Å². The summed E-state index contributed by atoms with van der Waals surface area (Å²) in [6, 6.07) is 4.95. The Hall–Kier alpha value is -1.51. The first-order chi connectivity index (χ1) is 9.51. The zero-order valence-electron chi connectivity index (χ0n) is 10.1. The third kappa shape index (κ3) is 3.33. The molecule has 1 amide bonds. The lowest BCUT2D eigenvalue weighted by molar-refractivity contribution is 0.0953.